The van der Waals surface area contributed by atoms with E-state index < -0.39 is 0 Å². The Morgan fingerprint density at radius 3 is 2.67 bits per heavy atom. The minimum Gasteiger partial charge on any atom is -0.466 e. The van der Waals surface area contributed by atoms with Gasteiger partial charge in [0.2, 0.25) is 0 Å². The lowest BCUT2D eigenvalue weighted by atomic mass is 10.1. The van der Waals surface area contributed by atoms with Gasteiger partial charge in [-0.2, -0.15) is 0 Å². The predicted molar refractivity (Wildman–Crippen MR) is 45.8 cm³/mol. The van der Waals surface area contributed by atoms with E-state index in [0.29, 0.717) is 19.5 Å². The SMILES string of the molecule is CNC(CCC(C)O)COC=O. The monoisotopic (exact) mass is 175 g/mol. The van der Waals surface area contributed by atoms with Crippen molar-refractivity contribution in [3.8, 4) is 0 Å². The second kappa shape index (κ2) is 7.06. The number of aliphatic hydroxyl groups excluding tert-OH is 1. The Kier molecular flexibility index (Phi) is 6.70. The number of likely N-dealkylation sites (N-methyl/N-ethyl adjacent to an activating group) is 1. The largest absolute Gasteiger partial charge is 0.466 e. The number of carbonyl (C=O) groups excluding carboxylic acids is 1. The summed E-state index contributed by atoms with van der Waals surface area (Å²) in [5, 5.41) is 12.0. The minimum absolute atomic E-state index is 0.143. The standard InChI is InChI=1S/C8H17NO3/c1-7(11)3-4-8(9-2)5-12-6-10/h6-9,11H,3-5H2,1-2H3. The average Bonchev–Trinajstić information content (AvgIpc) is 2.05. The molecule has 4 nitrogen and oxygen atoms in total. The molecule has 0 rings (SSSR count). The third-order valence-electron chi connectivity index (χ3n) is 1.71. The van der Waals surface area contributed by atoms with Gasteiger partial charge in [0.05, 0.1) is 6.10 Å². The van der Waals surface area contributed by atoms with Crippen LogP contribution in [0.4, 0.5) is 0 Å². The molecule has 0 aliphatic heterocycles. The zero-order valence-corrected chi connectivity index (χ0v) is 7.62. The first-order valence-corrected chi connectivity index (χ1v) is 4.11. The number of rotatable bonds is 7. The van der Waals surface area contributed by atoms with Crippen LogP contribution in [0.15, 0.2) is 0 Å². The number of nitrogens with one attached hydrogen (secondary N) is 1. The van der Waals surface area contributed by atoms with Crippen LogP contribution in [-0.2, 0) is 9.53 Å². The molecule has 0 aliphatic carbocycles. The van der Waals surface area contributed by atoms with Gasteiger partial charge in [-0.25, -0.2) is 0 Å². The maximum atomic E-state index is 9.86. The molecule has 0 amide bonds. The zero-order chi connectivity index (χ0) is 9.40. The zero-order valence-electron chi connectivity index (χ0n) is 7.62. The summed E-state index contributed by atoms with van der Waals surface area (Å²) in [4.78, 5) is 9.86. The van der Waals surface area contributed by atoms with Gasteiger partial charge in [0.15, 0.2) is 0 Å². The molecule has 0 aromatic heterocycles. The Morgan fingerprint density at radius 2 is 2.25 bits per heavy atom. The van der Waals surface area contributed by atoms with Crippen molar-refractivity contribution in [1.29, 1.82) is 0 Å². The fourth-order valence-electron chi connectivity index (χ4n) is 0.909. The van der Waals surface area contributed by atoms with Gasteiger partial charge in [0.25, 0.3) is 6.47 Å². The molecule has 72 valence electrons. The van der Waals surface area contributed by atoms with Crippen molar-refractivity contribution in [3.63, 3.8) is 0 Å². The van der Waals surface area contributed by atoms with E-state index >= 15 is 0 Å². The quantitative estimate of drug-likeness (QED) is 0.531. The van der Waals surface area contributed by atoms with E-state index in [4.69, 9.17) is 5.11 Å². The molecule has 0 aliphatic rings. The first-order valence-electron chi connectivity index (χ1n) is 4.11. The number of ether oxygens (including phenoxy) is 1. The van der Waals surface area contributed by atoms with Crippen molar-refractivity contribution >= 4 is 6.47 Å². The van der Waals surface area contributed by atoms with E-state index in [1.807, 2.05) is 0 Å². The van der Waals surface area contributed by atoms with Gasteiger partial charge in [-0.1, -0.05) is 0 Å². The molecular formula is C8H17NO3. The lowest BCUT2D eigenvalue weighted by Crippen LogP contribution is -2.31. The minimum atomic E-state index is -0.294. The van der Waals surface area contributed by atoms with Gasteiger partial charge in [-0.15, -0.1) is 0 Å². The van der Waals surface area contributed by atoms with Gasteiger partial charge in [-0.05, 0) is 26.8 Å². The Morgan fingerprint density at radius 1 is 1.58 bits per heavy atom. The predicted octanol–water partition coefficient (Wildman–Crippen LogP) is -0.0916. The lowest BCUT2D eigenvalue weighted by Gasteiger charge is -2.15. The average molecular weight is 175 g/mol. The molecule has 2 N–H and O–H groups in total. The first kappa shape index (κ1) is 11.4. The highest BCUT2D eigenvalue weighted by atomic mass is 16.5. The number of hydrogen-bond acceptors (Lipinski definition) is 4. The molecule has 4 heteroatoms. The molecule has 0 bridgehead atoms. The molecule has 0 spiro atoms. The van der Waals surface area contributed by atoms with Crippen LogP contribution in [0.25, 0.3) is 0 Å². The molecule has 0 aromatic rings. The van der Waals surface area contributed by atoms with Gasteiger partial charge >= 0.3 is 0 Å². The topological polar surface area (TPSA) is 58.6 Å². The van der Waals surface area contributed by atoms with Crippen LogP contribution in [0.2, 0.25) is 0 Å². The van der Waals surface area contributed by atoms with Crippen LogP contribution < -0.4 is 5.32 Å². The van der Waals surface area contributed by atoms with Crippen molar-refractivity contribution < 1.29 is 14.6 Å². The molecule has 0 radical (unpaired) electrons. The van der Waals surface area contributed by atoms with Gasteiger partial charge in [-0.3, -0.25) is 4.79 Å². The van der Waals surface area contributed by atoms with Crippen molar-refractivity contribution in [2.45, 2.75) is 31.9 Å². The summed E-state index contributed by atoms with van der Waals surface area (Å²) in [6.45, 7) is 2.55. The third-order valence-corrected chi connectivity index (χ3v) is 1.71. The second-order valence-electron chi connectivity index (χ2n) is 2.84. The summed E-state index contributed by atoms with van der Waals surface area (Å²) in [5.74, 6) is 0. The summed E-state index contributed by atoms with van der Waals surface area (Å²) >= 11 is 0. The summed E-state index contributed by atoms with van der Waals surface area (Å²) in [6, 6.07) is 0.143. The Balaban J connectivity index is 3.45. The fraction of sp³-hybridized carbons (Fsp3) is 0.875. The number of hydrogen-bond donors (Lipinski definition) is 2. The maximum absolute atomic E-state index is 9.86. The van der Waals surface area contributed by atoms with Crippen molar-refractivity contribution in [2.75, 3.05) is 13.7 Å². The van der Waals surface area contributed by atoms with Crippen molar-refractivity contribution in [2.24, 2.45) is 0 Å². The van der Waals surface area contributed by atoms with Gasteiger partial charge < -0.3 is 15.2 Å². The maximum Gasteiger partial charge on any atom is 0.293 e. The summed E-state index contributed by atoms with van der Waals surface area (Å²) < 4.78 is 4.59. The van der Waals surface area contributed by atoms with E-state index in [0.717, 1.165) is 6.42 Å². The normalized spacial score (nSPS) is 15.2. The van der Waals surface area contributed by atoms with E-state index in [1.54, 1.807) is 14.0 Å². The second-order valence-corrected chi connectivity index (χ2v) is 2.84. The molecule has 0 aromatic carbocycles. The van der Waals surface area contributed by atoms with Gasteiger partial charge in [0, 0.05) is 6.04 Å². The van der Waals surface area contributed by atoms with Crippen LogP contribution >= 0.6 is 0 Å². The number of aliphatic hydroxyl groups is 1. The van der Waals surface area contributed by atoms with Crippen LogP contribution in [0, 0.1) is 0 Å². The van der Waals surface area contributed by atoms with E-state index in [9.17, 15) is 4.79 Å². The molecule has 0 fully saturated rings. The highest BCUT2D eigenvalue weighted by Crippen LogP contribution is 2.00. The molecule has 2 unspecified atom stereocenters. The van der Waals surface area contributed by atoms with Crippen LogP contribution in [-0.4, -0.2) is 37.4 Å². The molecule has 0 heterocycles. The molecular weight excluding hydrogens is 158 g/mol. The Bertz CT molecular complexity index is 117. The third kappa shape index (κ3) is 6.12. The lowest BCUT2D eigenvalue weighted by molar-refractivity contribution is -0.129. The van der Waals surface area contributed by atoms with Crippen molar-refractivity contribution in [1.82, 2.24) is 5.32 Å². The number of carbonyl (C=O) groups is 1. The smallest absolute Gasteiger partial charge is 0.293 e. The summed E-state index contributed by atoms with van der Waals surface area (Å²) in [5.41, 5.74) is 0. The summed E-state index contributed by atoms with van der Waals surface area (Å²) in [6.07, 6.45) is 1.23. The van der Waals surface area contributed by atoms with Gasteiger partial charge in [0.1, 0.15) is 6.61 Å². The van der Waals surface area contributed by atoms with Crippen LogP contribution in [0.1, 0.15) is 19.8 Å². The first-order chi connectivity index (χ1) is 5.70. The molecule has 0 saturated carbocycles. The van der Waals surface area contributed by atoms with E-state index in [1.165, 1.54) is 0 Å². The molecule has 2 atom stereocenters. The molecule has 0 saturated heterocycles. The van der Waals surface area contributed by atoms with E-state index in [2.05, 4.69) is 10.1 Å². The Hall–Kier alpha value is -0.610. The van der Waals surface area contributed by atoms with Crippen LogP contribution in [0.3, 0.4) is 0 Å². The summed E-state index contributed by atoms with van der Waals surface area (Å²) in [7, 11) is 1.81. The Labute approximate surface area is 72.9 Å². The fourth-order valence-corrected chi connectivity index (χ4v) is 0.909. The highest BCUT2D eigenvalue weighted by Gasteiger charge is 2.07. The van der Waals surface area contributed by atoms with Crippen molar-refractivity contribution in [3.05, 3.63) is 0 Å². The van der Waals surface area contributed by atoms with E-state index in [-0.39, 0.29) is 12.1 Å². The molecule has 12 heavy (non-hydrogen) atoms. The van der Waals surface area contributed by atoms with Crippen LogP contribution in [0.5, 0.6) is 0 Å². The highest BCUT2D eigenvalue weighted by molar-refractivity contribution is 5.36.